The van der Waals surface area contributed by atoms with Gasteiger partial charge in [0.05, 0.1) is 12.3 Å². The number of nitrogens with one attached hydrogen (secondary N) is 2. The van der Waals surface area contributed by atoms with Crippen molar-refractivity contribution in [3.8, 4) is 5.75 Å². The molecule has 0 fully saturated rings. The van der Waals surface area contributed by atoms with Crippen LogP contribution < -0.4 is 15.4 Å². The minimum absolute atomic E-state index is 0.0237. The van der Waals surface area contributed by atoms with Gasteiger partial charge in [-0.05, 0) is 31.2 Å². The van der Waals surface area contributed by atoms with E-state index in [0.29, 0.717) is 18.0 Å². The van der Waals surface area contributed by atoms with Gasteiger partial charge in [-0.3, -0.25) is 4.79 Å². The molecule has 0 aliphatic heterocycles. The Labute approximate surface area is 154 Å². The van der Waals surface area contributed by atoms with Gasteiger partial charge in [0.25, 0.3) is 5.91 Å². The second-order valence-corrected chi connectivity index (χ2v) is 5.39. The van der Waals surface area contributed by atoms with E-state index in [1.807, 2.05) is 6.92 Å². The van der Waals surface area contributed by atoms with Crippen LogP contribution in [0.1, 0.15) is 17.4 Å². The summed E-state index contributed by atoms with van der Waals surface area (Å²) in [4.78, 5) is 20.3. The number of aromatic nitrogens is 2. The SMILES string of the molecule is CCOc1ccccc1NC(=O)c1cc(Nc2c(F)cccc2F)ncn1. The Balaban J connectivity index is 1.80. The highest BCUT2D eigenvalue weighted by molar-refractivity contribution is 6.04. The molecule has 0 saturated carbocycles. The van der Waals surface area contributed by atoms with Crippen LogP contribution in [0.5, 0.6) is 5.75 Å². The van der Waals surface area contributed by atoms with Crippen LogP contribution in [0.2, 0.25) is 0 Å². The lowest BCUT2D eigenvalue weighted by atomic mass is 10.2. The van der Waals surface area contributed by atoms with E-state index >= 15 is 0 Å². The molecule has 2 aromatic carbocycles. The van der Waals surface area contributed by atoms with Crippen LogP contribution in [0, 0.1) is 11.6 Å². The Hall–Kier alpha value is -3.55. The molecule has 0 saturated heterocycles. The van der Waals surface area contributed by atoms with E-state index in [-0.39, 0.29) is 17.2 Å². The molecule has 8 heteroatoms. The number of carbonyl (C=O) groups is 1. The summed E-state index contributed by atoms with van der Waals surface area (Å²) in [6.45, 7) is 2.28. The third kappa shape index (κ3) is 4.35. The zero-order valence-corrected chi connectivity index (χ0v) is 14.4. The lowest BCUT2D eigenvalue weighted by Gasteiger charge is -2.11. The van der Waals surface area contributed by atoms with Gasteiger partial charge in [-0.25, -0.2) is 18.7 Å². The molecule has 2 N–H and O–H groups in total. The largest absolute Gasteiger partial charge is 0.492 e. The summed E-state index contributed by atoms with van der Waals surface area (Å²) >= 11 is 0. The van der Waals surface area contributed by atoms with Gasteiger partial charge in [-0.1, -0.05) is 18.2 Å². The Morgan fingerprint density at radius 3 is 2.56 bits per heavy atom. The van der Waals surface area contributed by atoms with Gasteiger partial charge >= 0.3 is 0 Å². The predicted molar refractivity (Wildman–Crippen MR) is 97.2 cm³/mol. The van der Waals surface area contributed by atoms with Crippen molar-refractivity contribution in [3.63, 3.8) is 0 Å². The van der Waals surface area contributed by atoms with E-state index in [4.69, 9.17) is 4.74 Å². The van der Waals surface area contributed by atoms with E-state index in [1.54, 1.807) is 24.3 Å². The molecule has 0 spiro atoms. The van der Waals surface area contributed by atoms with Gasteiger partial charge in [-0.2, -0.15) is 0 Å². The first kappa shape index (κ1) is 18.2. The number of para-hydroxylation sites is 3. The van der Waals surface area contributed by atoms with Crippen molar-refractivity contribution < 1.29 is 18.3 Å². The van der Waals surface area contributed by atoms with Crippen LogP contribution in [-0.2, 0) is 0 Å². The van der Waals surface area contributed by atoms with Crippen LogP contribution in [0.15, 0.2) is 54.9 Å². The molecule has 1 aromatic heterocycles. The lowest BCUT2D eigenvalue weighted by molar-refractivity contribution is 0.102. The van der Waals surface area contributed by atoms with Gasteiger partial charge in [0.2, 0.25) is 0 Å². The number of ether oxygens (including phenoxy) is 1. The predicted octanol–water partition coefficient (Wildman–Crippen LogP) is 4.15. The van der Waals surface area contributed by atoms with Crippen LogP contribution in [0.4, 0.5) is 26.0 Å². The molecule has 1 amide bonds. The number of hydrogen-bond donors (Lipinski definition) is 2. The standard InChI is InChI=1S/C19H16F2N4O2/c1-2-27-16-9-4-3-8-14(16)24-19(26)15-10-17(23-11-22-15)25-18-12(20)6-5-7-13(18)21/h3-11H,2H2,1H3,(H,24,26)(H,22,23,25). The molecule has 1 heterocycles. The zero-order chi connectivity index (χ0) is 19.2. The lowest BCUT2D eigenvalue weighted by Crippen LogP contribution is -2.15. The van der Waals surface area contributed by atoms with Crippen LogP contribution in [0.3, 0.4) is 0 Å². The normalized spacial score (nSPS) is 10.3. The maximum absolute atomic E-state index is 13.8. The number of nitrogens with zero attached hydrogens (tertiary/aromatic N) is 2. The minimum atomic E-state index is -0.773. The Kier molecular flexibility index (Phi) is 5.55. The number of benzene rings is 2. The van der Waals surface area contributed by atoms with Gasteiger partial charge in [0.15, 0.2) is 0 Å². The third-order valence-electron chi connectivity index (χ3n) is 3.55. The quantitative estimate of drug-likeness (QED) is 0.682. The summed E-state index contributed by atoms with van der Waals surface area (Å²) in [6.07, 6.45) is 1.13. The van der Waals surface area contributed by atoms with Crippen LogP contribution >= 0.6 is 0 Å². The summed E-state index contributed by atoms with van der Waals surface area (Å²) in [5.41, 5.74) is 0.150. The summed E-state index contributed by atoms with van der Waals surface area (Å²) in [7, 11) is 0. The van der Waals surface area contributed by atoms with E-state index in [2.05, 4.69) is 20.6 Å². The molecule has 0 unspecified atom stereocenters. The molecular formula is C19H16F2N4O2. The number of amides is 1. The first-order chi connectivity index (χ1) is 13.1. The highest BCUT2D eigenvalue weighted by atomic mass is 19.1. The van der Waals surface area contributed by atoms with E-state index < -0.39 is 17.5 Å². The molecule has 3 aromatic rings. The Morgan fingerprint density at radius 1 is 1.07 bits per heavy atom. The summed E-state index contributed by atoms with van der Waals surface area (Å²) in [5, 5.41) is 5.22. The van der Waals surface area contributed by atoms with E-state index in [0.717, 1.165) is 18.5 Å². The van der Waals surface area contributed by atoms with Crippen LogP contribution in [-0.4, -0.2) is 22.5 Å². The zero-order valence-electron chi connectivity index (χ0n) is 14.4. The maximum Gasteiger partial charge on any atom is 0.274 e. The molecule has 6 nitrogen and oxygen atoms in total. The number of carbonyl (C=O) groups excluding carboxylic acids is 1. The van der Waals surface area contributed by atoms with E-state index in [1.165, 1.54) is 12.1 Å². The highest BCUT2D eigenvalue weighted by Gasteiger charge is 2.14. The fourth-order valence-corrected chi connectivity index (χ4v) is 2.33. The molecule has 0 aliphatic rings. The molecule has 0 atom stereocenters. The molecule has 138 valence electrons. The topological polar surface area (TPSA) is 76.1 Å². The van der Waals surface area contributed by atoms with Gasteiger partial charge in [0, 0.05) is 6.07 Å². The third-order valence-corrected chi connectivity index (χ3v) is 3.55. The fraction of sp³-hybridized carbons (Fsp3) is 0.105. The number of anilines is 3. The fourth-order valence-electron chi connectivity index (χ4n) is 2.33. The van der Waals surface area contributed by atoms with Crippen molar-refractivity contribution in [2.75, 3.05) is 17.2 Å². The van der Waals surface area contributed by atoms with Crippen molar-refractivity contribution >= 4 is 23.1 Å². The molecule has 0 radical (unpaired) electrons. The summed E-state index contributed by atoms with van der Waals surface area (Å²) in [5.74, 6) is -1.46. The van der Waals surface area contributed by atoms with Crippen molar-refractivity contribution in [2.45, 2.75) is 6.92 Å². The van der Waals surface area contributed by atoms with Crippen molar-refractivity contribution in [3.05, 3.63) is 72.2 Å². The van der Waals surface area contributed by atoms with E-state index in [9.17, 15) is 13.6 Å². The van der Waals surface area contributed by atoms with Crippen molar-refractivity contribution in [2.24, 2.45) is 0 Å². The average molecular weight is 370 g/mol. The minimum Gasteiger partial charge on any atom is -0.492 e. The van der Waals surface area contributed by atoms with Crippen molar-refractivity contribution in [1.82, 2.24) is 9.97 Å². The molecule has 3 rings (SSSR count). The number of rotatable bonds is 6. The summed E-state index contributed by atoms with van der Waals surface area (Å²) < 4.78 is 33.0. The van der Waals surface area contributed by atoms with Gasteiger partial charge in [-0.15, -0.1) is 0 Å². The second-order valence-electron chi connectivity index (χ2n) is 5.39. The molecule has 0 bridgehead atoms. The number of halogens is 2. The monoisotopic (exact) mass is 370 g/mol. The maximum atomic E-state index is 13.8. The second kappa shape index (κ2) is 8.22. The molecule has 0 aliphatic carbocycles. The number of hydrogen-bond acceptors (Lipinski definition) is 5. The van der Waals surface area contributed by atoms with Crippen molar-refractivity contribution in [1.29, 1.82) is 0 Å². The first-order valence-corrected chi connectivity index (χ1v) is 8.14. The molecular weight excluding hydrogens is 354 g/mol. The Bertz CT molecular complexity index is 946. The molecule has 27 heavy (non-hydrogen) atoms. The van der Waals surface area contributed by atoms with Gasteiger partial charge < -0.3 is 15.4 Å². The average Bonchev–Trinajstić information content (AvgIpc) is 2.67. The van der Waals surface area contributed by atoms with Crippen LogP contribution in [0.25, 0.3) is 0 Å². The summed E-state index contributed by atoms with van der Waals surface area (Å²) in [6, 6.07) is 11.7. The van der Waals surface area contributed by atoms with Gasteiger partial charge in [0.1, 0.15) is 40.9 Å². The first-order valence-electron chi connectivity index (χ1n) is 8.14. The smallest absolute Gasteiger partial charge is 0.274 e. The highest BCUT2D eigenvalue weighted by Crippen LogP contribution is 2.25. The Morgan fingerprint density at radius 2 is 1.81 bits per heavy atom.